The maximum Gasteiger partial charge on any atom is 0.337 e. The third-order valence-corrected chi connectivity index (χ3v) is 3.33. The van der Waals surface area contributed by atoms with Crippen LogP contribution >= 0.6 is 0 Å². The number of hydrogen-bond acceptors (Lipinski definition) is 6. The van der Waals surface area contributed by atoms with Gasteiger partial charge in [-0.2, -0.15) is 0 Å². The first-order valence-corrected chi connectivity index (χ1v) is 6.70. The van der Waals surface area contributed by atoms with Crippen LogP contribution in [0.3, 0.4) is 0 Å². The molecule has 0 bridgehead atoms. The summed E-state index contributed by atoms with van der Waals surface area (Å²) < 4.78 is 6.71. The molecule has 0 aliphatic carbocycles. The summed E-state index contributed by atoms with van der Waals surface area (Å²) in [5, 5.41) is 11.7. The van der Waals surface area contributed by atoms with Crippen molar-refractivity contribution in [3.63, 3.8) is 0 Å². The number of aromatic nitrogens is 4. The van der Waals surface area contributed by atoms with Crippen LogP contribution in [0.25, 0.3) is 0 Å². The minimum absolute atomic E-state index is 0.316. The van der Waals surface area contributed by atoms with Crippen LogP contribution in [0, 0.1) is 0 Å². The van der Waals surface area contributed by atoms with Gasteiger partial charge in [-0.25, -0.2) is 9.48 Å². The molecular weight excluding hydrogens is 270 g/mol. The minimum Gasteiger partial charge on any atom is -0.463 e. The molecule has 1 aromatic carbocycles. The van der Waals surface area contributed by atoms with Crippen molar-refractivity contribution in [2.45, 2.75) is 20.4 Å². The lowest BCUT2D eigenvalue weighted by Crippen LogP contribution is -2.30. The minimum atomic E-state index is -0.336. The molecule has 108 valence electrons. The molecule has 21 heavy (non-hydrogen) atoms. The number of carbonyl (C=O) groups excluding carboxylic acids is 1. The molecular formula is C14H15N5O2. The summed E-state index contributed by atoms with van der Waals surface area (Å²) in [5.41, 5.74) is 2.23. The molecule has 0 fully saturated rings. The van der Waals surface area contributed by atoms with E-state index in [2.05, 4.69) is 15.5 Å². The molecule has 0 N–H and O–H groups in total. The predicted molar refractivity (Wildman–Crippen MR) is 75.7 cm³/mol. The van der Waals surface area contributed by atoms with Gasteiger partial charge in [-0.15, -0.1) is 0 Å². The smallest absolute Gasteiger partial charge is 0.337 e. The standard InChI is InChI=1S/C14H15N5O2/c1-3-21-13(20)12-9-18-14(15-16-17-18)19(10(12)2)11-7-5-4-6-8-11/h4-8H,3,9H2,1-2H3. The van der Waals surface area contributed by atoms with E-state index in [-0.39, 0.29) is 5.97 Å². The van der Waals surface area contributed by atoms with Crippen molar-refractivity contribution in [1.82, 2.24) is 20.2 Å². The quantitative estimate of drug-likeness (QED) is 0.799. The first-order chi connectivity index (χ1) is 10.2. The number of hydrogen-bond donors (Lipinski definition) is 0. The molecule has 2 heterocycles. The molecule has 2 aromatic rings. The number of allylic oxidation sites excluding steroid dienone is 1. The van der Waals surface area contributed by atoms with Crippen LogP contribution in [0.15, 0.2) is 41.6 Å². The Kier molecular flexibility index (Phi) is 3.39. The fourth-order valence-corrected chi connectivity index (χ4v) is 2.33. The van der Waals surface area contributed by atoms with Gasteiger partial charge in [0, 0.05) is 11.4 Å². The lowest BCUT2D eigenvalue weighted by atomic mass is 10.1. The number of anilines is 2. The average Bonchev–Trinajstić information content (AvgIpc) is 2.95. The first-order valence-electron chi connectivity index (χ1n) is 6.70. The SMILES string of the molecule is CCOC(=O)C1=C(C)N(c2ccccc2)c2nnnn2C1. The molecule has 7 nitrogen and oxygen atoms in total. The molecule has 1 aliphatic heterocycles. The van der Waals surface area contributed by atoms with Crippen LogP contribution in [0.2, 0.25) is 0 Å². The fourth-order valence-electron chi connectivity index (χ4n) is 2.33. The van der Waals surface area contributed by atoms with Crippen molar-refractivity contribution in [2.75, 3.05) is 11.5 Å². The highest BCUT2D eigenvalue weighted by molar-refractivity contribution is 5.91. The normalized spacial score (nSPS) is 14.1. The number of fused-ring (bicyclic) bond motifs is 1. The summed E-state index contributed by atoms with van der Waals surface area (Å²) in [6.45, 7) is 4.31. The molecule has 3 rings (SSSR count). The van der Waals surface area contributed by atoms with Crippen LogP contribution in [-0.4, -0.2) is 32.8 Å². The molecule has 0 saturated heterocycles. The van der Waals surface area contributed by atoms with Gasteiger partial charge in [0.25, 0.3) is 5.95 Å². The van der Waals surface area contributed by atoms with E-state index < -0.39 is 0 Å². The summed E-state index contributed by atoms with van der Waals surface area (Å²) in [6, 6.07) is 9.67. The third kappa shape index (κ3) is 2.26. The van der Waals surface area contributed by atoms with Gasteiger partial charge < -0.3 is 4.74 Å². The van der Waals surface area contributed by atoms with Crippen molar-refractivity contribution in [3.05, 3.63) is 41.6 Å². The van der Waals surface area contributed by atoms with E-state index in [0.29, 0.717) is 24.7 Å². The van der Waals surface area contributed by atoms with Crippen LogP contribution in [0.5, 0.6) is 0 Å². The Hall–Kier alpha value is -2.70. The third-order valence-electron chi connectivity index (χ3n) is 3.33. The van der Waals surface area contributed by atoms with Crippen LogP contribution in [0.1, 0.15) is 13.8 Å². The average molecular weight is 285 g/mol. The zero-order valence-electron chi connectivity index (χ0n) is 11.9. The molecule has 0 saturated carbocycles. The molecule has 0 atom stereocenters. The summed E-state index contributed by atoms with van der Waals surface area (Å²) in [4.78, 5) is 14.0. The Morgan fingerprint density at radius 1 is 1.33 bits per heavy atom. The van der Waals surface area contributed by atoms with E-state index >= 15 is 0 Å². The number of tetrazole rings is 1. The molecule has 0 radical (unpaired) electrons. The Bertz CT molecular complexity index is 692. The van der Waals surface area contributed by atoms with Crippen LogP contribution in [-0.2, 0) is 16.1 Å². The Balaban J connectivity index is 2.10. The van der Waals surface area contributed by atoms with Crippen molar-refractivity contribution in [2.24, 2.45) is 0 Å². The summed E-state index contributed by atoms with van der Waals surface area (Å²) >= 11 is 0. The summed E-state index contributed by atoms with van der Waals surface area (Å²) in [6.07, 6.45) is 0. The zero-order valence-corrected chi connectivity index (χ0v) is 11.9. The number of nitrogens with zero attached hydrogens (tertiary/aromatic N) is 5. The predicted octanol–water partition coefficient (Wildman–Crippen LogP) is 1.66. The number of esters is 1. The fraction of sp³-hybridized carbons (Fsp3) is 0.286. The molecule has 0 amide bonds. The zero-order chi connectivity index (χ0) is 14.8. The Morgan fingerprint density at radius 2 is 2.10 bits per heavy atom. The molecule has 0 spiro atoms. The van der Waals surface area contributed by atoms with Crippen molar-refractivity contribution < 1.29 is 9.53 Å². The first kappa shape index (κ1) is 13.3. The Morgan fingerprint density at radius 3 is 2.81 bits per heavy atom. The number of carbonyl (C=O) groups is 1. The number of benzene rings is 1. The summed E-state index contributed by atoms with van der Waals surface area (Å²) in [7, 11) is 0. The lowest BCUT2D eigenvalue weighted by molar-refractivity contribution is -0.138. The topological polar surface area (TPSA) is 73.1 Å². The molecule has 7 heteroatoms. The number of ether oxygens (including phenoxy) is 1. The largest absolute Gasteiger partial charge is 0.463 e. The van der Waals surface area contributed by atoms with E-state index in [4.69, 9.17) is 4.74 Å². The number of rotatable bonds is 3. The van der Waals surface area contributed by atoms with Crippen LogP contribution < -0.4 is 4.90 Å². The lowest BCUT2D eigenvalue weighted by Gasteiger charge is -2.29. The van der Waals surface area contributed by atoms with Gasteiger partial charge >= 0.3 is 5.97 Å². The van der Waals surface area contributed by atoms with Gasteiger partial charge in [-0.1, -0.05) is 23.3 Å². The van der Waals surface area contributed by atoms with E-state index in [1.807, 2.05) is 42.2 Å². The van der Waals surface area contributed by atoms with Crippen molar-refractivity contribution in [1.29, 1.82) is 0 Å². The summed E-state index contributed by atoms with van der Waals surface area (Å²) in [5.74, 6) is 0.254. The number of para-hydroxylation sites is 1. The van der Waals surface area contributed by atoms with E-state index in [0.717, 1.165) is 11.4 Å². The second kappa shape index (κ2) is 5.35. The highest BCUT2D eigenvalue weighted by Gasteiger charge is 2.30. The molecule has 0 unspecified atom stereocenters. The second-order valence-corrected chi connectivity index (χ2v) is 4.59. The van der Waals surface area contributed by atoms with Crippen LogP contribution in [0.4, 0.5) is 11.6 Å². The van der Waals surface area contributed by atoms with Gasteiger partial charge in [0.1, 0.15) is 0 Å². The highest BCUT2D eigenvalue weighted by atomic mass is 16.5. The van der Waals surface area contributed by atoms with Crippen molar-refractivity contribution >= 4 is 17.6 Å². The highest BCUT2D eigenvalue weighted by Crippen LogP contribution is 2.33. The molecule has 1 aromatic heterocycles. The van der Waals surface area contributed by atoms with E-state index in [1.165, 1.54) is 0 Å². The van der Waals surface area contributed by atoms with Crippen molar-refractivity contribution in [3.8, 4) is 0 Å². The van der Waals surface area contributed by atoms with Gasteiger partial charge in [0.05, 0.1) is 18.7 Å². The van der Waals surface area contributed by atoms with Gasteiger partial charge in [0.2, 0.25) is 0 Å². The maximum atomic E-state index is 12.1. The Labute approximate surface area is 121 Å². The van der Waals surface area contributed by atoms with Gasteiger partial charge in [-0.3, -0.25) is 4.90 Å². The van der Waals surface area contributed by atoms with Gasteiger partial charge in [0.15, 0.2) is 0 Å². The maximum absolute atomic E-state index is 12.1. The monoisotopic (exact) mass is 285 g/mol. The van der Waals surface area contributed by atoms with E-state index in [9.17, 15) is 4.79 Å². The van der Waals surface area contributed by atoms with E-state index in [1.54, 1.807) is 11.6 Å². The molecule has 1 aliphatic rings. The van der Waals surface area contributed by atoms with Gasteiger partial charge in [-0.05, 0) is 36.4 Å². The second-order valence-electron chi connectivity index (χ2n) is 4.59.